The Kier molecular flexibility index (Phi) is 8.36. The third kappa shape index (κ3) is 6.59. The van der Waals surface area contributed by atoms with E-state index in [2.05, 4.69) is 28.2 Å². The maximum atomic E-state index is 12.7. The van der Waals surface area contributed by atoms with Gasteiger partial charge in [0.1, 0.15) is 23.5 Å². The number of carboxylic acids is 1. The first-order chi connectivity index (χ1) is 14.3. The Morgan fingerprint density at radius 3 is 2.23 bits per heavy atom. The van der Waals surface area contributed by atoms with Gasteiger partial charge in [-0.1, -0.05) is 36.4 Å². The molecule has 2 aromatic rings. The summed E-state index contributed by atoms with van der Waals surface area (Å²) in [5, 5.41) is 14.1. The van der Waals surface area contributed by atoms with Crippen LogP contribution in [0.5, 0.6) is 0 Å². The molecule has 1 aromatic carbocycles. The highest BCUT2D eigenvalue weighted by atomic mass is 32.1. The number of rotatable bonds is 10. The Labute approximate surface area is 178 Å². The second-order valence-electron chi connectivity index (χ2n) is 6.40. The van der Waals surface area contributed by atoms with Crippen LogP contribution in [0.15, 0.2) is 48.5 Å². The number of hydrogen-bond acceptors (Lipinski definition) is 6. The second kappa shape index (κ2) is 11.0. The molecule has 2 rings (SSSR count). The van der Waals surface area contributed by atoms with Crippen molar-refractivity contribution in [3.05, 3.63) is 65.5 Å². The molecule has 5 N–H and O–H groups in total. The molecule has 10 heteroatoms. The molecule has 0 bridgehead atoms. The minimum absolute atomic E-state index is 0.150. The van der Waals surface area contributed by atoms with E-state index in [0.29, 0.717) is 0 Å². The fraction of sp³-hybridized carbons (Fsp3) is 0.250. The molecule has 0 aliphatic heterocycles. The van der Waals surface area contributed by atoms with Crippen molar-refractivity contribution in [1.29, 1.82) is 0 Å². The van der Waals surface area contributed by atoms with Crippen LogP contribution in [-0.2, 0) is 16.0 Å². The third-order valence-electron chi connectivity index (χ3n) is 4.18. The Morgan fingerprint density at radius 2 is 1.63 bits per heavy atom. The maximum absolute atomic E-state index is 12.7. The number of hydrogen-bond donors (Lipinski definition) is 5. The molecule has 0 spiro atoms. The van der Waals surface area contributed by atoms with Crippen LogP contribution in [0.25, 0.3) is 0 Å². The fourth-order valence-electron chi connectivity index (χ4n) is 2.66. The molecule has 0 aliphatic rings. The zero-order chi connectivity index (χ0) is 22.1. The van der Waals surface area contributed by atoms with Gasteiger partial charge in [0.25, 0.3) is 5.91 Å². The summed E-state index contributed by atoms with van der Waals surface area (Å²) in [6, 6.07) is 11.0. The average Bonchev–Trinajstić information content (AvgIpc) is 2.73. The van der Waals surface area contributed by atoms with Crippen LogP contribution in [0.2, 0.25) is 0 Å². The average molecular weight is 430 g/mol. The van der Waals surface area contributed by atoms with Gasteiger partial charge >= 0.3 is 5.97 Å². The van der Waals surface area contributed by atoms with E-state index in [1.807, 2.05) is 6.07 Å². The fourth-order valence-corrected chi connectivity index (χ4v) is 2.91. The van der Waals surface area contributed by atoms with Crippen LogP contribution in [-0.4, -0.2) is 51.6 Å². The molecule has 1 heterocycles. The zero-order valence-corrected chi connectivity index (χ0v) is 16.8. The summed E-state index contributed by atoms with van der Waals surface area (Å²) in [6.07, 6.45) is 0.377. The molecule has 0 aliphatic carbocycles. The van der Waals surface area contributed by atoms with Gasteiger partial charge in [-0.15, -0.1) is 0 Å². The third-order valence-corrected chi connectivity index (χ3v) is 4.44. The van der Waals surface area contributed by atoms with Gasteiger partial charge in [-0.3, -0.25) is 14.4 Å². The number of carbonyl (C=O) groups excluding carboxylic acids is 3. The minimum Gasteiger partial charge on any atom is -0.477 e. The van der Waals surface area contributed by atoms with Crippen LogP contribution in [0.4, 0.5) is 0 Å². The van der Waals surface area contributed by atoms with Gasteiger partial charge in [-0.2, -0.15) is 12.6 Å². The van der Waals surface area contributed by atoms with Gasteiger partial charge in [0.2, 0.25) is 11.8 Å². The largest absolute Gasteiger partial charge is 0.477 e. The van der Waals surface area contributed by atoms with E-state index in [0.717, 1.165) is 5.56 Å². The summed E-state index contributed by atoms with van der Waals surface area (Å²) >= 11 is 4.10. The first-order valence-electron chi connectivity index (χ1n) is 9.07. The standard InChI is InChI=1S/C20H22N4O5S/c21-17(25)16(11-12-5-2-1-3-6-12)24-19(27)14(9-10-30)23-18(26)13-7-4-8-15(22-13)20(28)29/h1-8,14,16,30H,9-11H2,(H2,21,25)(H,23,26)(H,24,27)(H,28,29)/t14?,16-/m1/s1. The van der Waals surface area contributed by atoms with Crippen molar-refractivity contribution >= 4 is 36.3 Å². The van der Waals surface area contributed by atoms with E-state index in [1.165, 1.54) is 18.2 Å². The summed E-state index contributed by atoms with van der Waals surface area (Å²) in [5.74, 6) is -3.04. The highest BCUT2D eigenvalue weighted by molar-refractivity contribution is 7.80. The van der Waals surface area contributed by atoms with Crippen molar-refractivity contribution in [2.24, 2.45) is 5.73 Å². The van der Waals surface area contributed by atoms with Gasteiger partial charge in [0.15, 0.2) is 0 Å². The lowest BCUT2D eigenvalue weighted by atomic mass is 10.0. The van der Waals surface area contributed by atoms with E-state index >= 15 is 0 Å². The Balaban J connectivity index is 2.10. The molecule has 30 heavy (non-hydrogen) atoms. The Bertz CT molecular complexity index is 922. The van der Waals surface area contributed by atoms with Crippen LogP contribution < -0.4 is 16.4 Å². The van der Waals surface area contributed by atoms with Gasteiger partial charge < -0.3 is 21.5 Å². The lowest BCUT2D eigenvalue weighted by Crippen LogP contribution is -2.53. The van der Waals surface area contributed by atoms with Crippen LogP contribution in [0, 0.1) is 0 Å². The van der Waals surface area contributed by atoms with Crippen molar-refractivity contribution in [2.45, 2.75) is 24.9 Å². The predicted molar refractivity (Wildman–Crippen MR) is 112 cm³/mol. The summed E-state index contributed by atoms with van der Waals surface area (Å²) in [4.78, 5) is 51.7. The number of nitrogens with zero attached hydrogens (tertiary/aromatic N) is 1. The van der Waals surface area contributed by atoms with E-state index in [9.17, 15) is 19.2 Å². The second-order valence-corrected chi connectivity index (χ2v) is 6.85. The summed E-state index contributed by atoms with van der Waals surface area (Å²) in [5.41, 5.74) is 5.79. The molecule has 9 nitrogen and oxygen atoms in total. The molecule has 158 valence electrons. The number of nitrogens with one attached hydrogen (secondary N) is 2. The topological polar surface area (TPSA) is 151 Å². The number of pyridine rings is 1. The molecule has 0 saturated heterocycles. The van der Waals surface area contributed by atoms with Crippen LogP contribution >= 0.6 is 12.6 Å². The van der Waals surface area contributed by atoms with Crippen molar-refractivity contribution in [2.75, 3.05) is 5.75 Å². The monoisotopic (exact) mass is 430 g/mol. The molecular formula is C20H22N4O5S. The molecule has 1 aromatic heterocycles. The lowest BCUT2D eigenvalue weighted by molar-refractivity contribution is -0.128. The summed E-state index contributed by atoms with van der Waals surface area (Å²) < 4.78 is 0. The lowest BCUT2D eigenvalue weighted by Gasteiger charge is -2.21. The van der Waals surface area contributed by atoms with Crippen LogP contribution in [0.3, 0.4) is 0 Å². The summed E-state index contributed by atoms with van der Waals surface area (Å²) in [7, 11) is 0. The quantitative estimate of drug-likeness (QED) is 0.344. The number of amides is 3. The number of benzene rings is 1. The number of carboxylic acid groups (broad SMARTS) is 1. The van der Waals surface area contributed by atoms with Crippen molar-refractivity contribution in [3.8, 4) is 0 Å². The van der Waals surface area contributed by atoms with Crippen LogP contribution in [0.1, 0.15) is 33.0 Å². The van der Waals surface area contributed by atoms with E-state index in [-0.39, 0.29) is 30.0 Å². The number of aromatic nitrogens is 1. The number of thiol groups is 1. The molecular weight excluding hydrogens is 408 g/mol. The van der Waals surface area contributed by atoms with Crippen molar-refractivity contribution in [3.63, 3.8) is 0 Å². The highest BCUT2D eigenvalue weighted by Crippen LogP contribution is 2.06. The van der Waals surface area contributed by atoms with Gasteiger partial charge in [-0.25, -0.2) is 9.78 Å². The predicted octanol–water partition coefficient (Wildman–Crippen LogP) is 0.411. The first-order valence-corrected chi connectivity index (χ1v) is 9.70. The molecule has 0 saturated carbocycles. The van der Waals surface area contributed by atoms with E-state index in [1.54, 1.807) is 24.3 Å². The zero-order valence-electron chi connectivity index (χ0n) is 15.9. The number of nitrogens with two attached hydrogens (primary N) is 1. The molecule has 1 unspecified atom stereocenters. The molecule has 0 radical (unpaired) electrons. The van der Waals surface area contributed by atoms with Crippen molar-refractivity contribution < 1.29 is 24.3 Å². The van der Waals surface area contributed by atoms with Gasteiger partial charge in [0.05, 0.1) is 0 Å². The van der Waals surface area contributed by atoms with E-state index < -0.39 is 35.8 Å². The van der Waals surface area contributed by atoms with Crippen molar-refractivity contribution in [1.82, 2.24) is 15.6 Å². The number of aromatic carboxylic acids is 1. The number of primary amides is 1. The minimum atomic E-state index is -1.28. The Hall–Kier alpha value is -3.40. The molecule has 2 atom stereocenters. The Morgan fingerprint density at radius 1 is 0.967 bits per heavy atom. The van der Waals surface area contributed by atoms with E-state index in [4.69, 9.17) is 10.8 Å². The van der Waals surface area contributed by atoms with Gasteiger partial charge in [0, 0.05) is 6.42 Å². The maximum Gasteiger partial charge on any atom is 0.354 e. The normalized spacial score (nSPS) is 12.4. The highest BCUT2D eigenvalue weighted by Gasteiger charge is 2.26. The molecule has 0 fully saturated rings. The van der Waals surface area contributed by atoms with Gasteiger partial charge in [-0.05, 0) is 29.9 Å². The summed E-state index contributed by atoms with van der Waals surface area (Å²) in [6.45, 7) is 0. The smallest absolute Gasteiger partial charge is 0.354 e. The molecule has 3 amide bonds. The SMILES string of the molecule is NC(=O)[C@@H](Cc1ccccc1)NC(=O)C(CCS)NC(=O)c1cccc(C(=O)O)n1. The first kappa shape index (κ1) is 22.9. The number of carbonyl (C=O) groups is 4.